The van der Waals surface area contributed by atoms with Crippen LogP contribution in [0.1, 0.15) is 33.1 Å². The molecule has 0 unspecified atom stereocenters. The maximum atomic E-state index is 10.4. The van der Waals surface area contributed by atoms with Crippen LogP contribution in [0.2, 0.25) is 0 Å². The lowest BCUT2D eigenvalue weighted by molar-refractivity contribution is -0.159. The van der Waals surface area contributed by atoms with Gasteiger partial charge in [-0.05, 0) is 12.8 Å². The van der Waals surface area contributed by atoms with Crippen molar-refractivity contribution in [3.63, 3.8) is 0 Å². The molecule has 60 valence electrons. The number of carbonyl (C=O) groups is 1. The zero-order chi connectivity index (χ0) is 8.20. The van der Waals surface area contributed by atoms with E-state index in [4.69, 9.17) is 5.11 Å². The number of rotatable bonds is 4. The molecule has 0 rings (SSSR count). The highest BCUT2D eigenvalue weighted by Crippen LogP contribution is 2.16. The van der Waals surface area contributed by atoms with Crippen LogP contribution in [0.25, 0.3) is 0 Å². The predicted octanol–water partition coefficient (Wildman–Crippen LogP) is 1.01. The summed E-state index contributed by atoms with van der Waals surface area (Å²) in [5.74, 6) is -1.11. The van der Waals surface area contributed by atoms with Gasteiger partial charge in [0.2, 0.25) is 0 Å². The van der Waals surface area contributed by atoms with Gasteiger partial charge in [0.1, 0.15) is 0 Å². The molecule has 0 saturated heterocycles. The summed E-state index contributed by atoms with van der Waals surface area (Å²) in [7, 11) is 0. The Labute approximate surface area is 60.7 Å². The summed E-state index contributed by atoms with van der Waals surface area (Å²) in [5.41, 5.74) is -1.49. The Morgan fingerprint density at radius 1 is 1.50 bits per heavy atom. The smallest absolute Gasteiger partial charge is 0.335 e. The minimum atomic E-state index is -1.49. The Hall–Kier alpha value is -0.570. The number of hydrogen-bond donors (Lipinski definition) is 2. The SMILES string of the molecule is CCC[C@@](O)(CC)C(=O)O. The van der Waals surface area contributed by atoms with E-state index in [-0.39, 0.29) is 6.42 Å². The zero-order valence-corrected chi connectivity index (χ0v) is 6.42. The molecule has 0 radical (unpaired) electrons. The van der Waals surface area contributed by atoms with Crippen LogP contribution in [0.4, 0.5) is 0 Å². The molecular weight excluding hydrogens is 132 g/mol. The van der Waals surface area contributed by atoms with Crippen molar-refractivity contribution in [3.05, 3.63) is 0 Å². The van der Waals surface area contributed by atoms with E-state index < -0.39 is 11.6 Å². The molecule has 0 saturated carbocycles. The fourth-order valence-electron chi connectivity index (χ4n) is 0.849. The van der Waals surface area contributed by atoms with Gasteiger partial charge >= 0.3 is 5.97 Å². The summed E-state index contributed by atoms with van der Waals surface area (Å²) < 4.78 is 0. The topological polar surface area (TPSA) is 57.5 Å². The van der Waals surface area contributed by atoms with Gasteiger partial charge in [-0.25, -0.2) is 4.79 Å². The van der Waals surface area contributed by atoms with Crippen LogP contribution < -0.4 is 0 Å². The minimum Gasteiger partial charge on any atom is -0.479 e. The Morgan fingerprint density at radius 2 is 2.00 bits per heavy atom. The van der Waals surface area contributed by atoms with E-state index in [1.54, 1.807) is 6.92 Å². The molecule has 3 heteroatoms. The van der Waals surface area contributed by atoms with Crippen molar-refractivity contribution in [2.24, 2.45) is 0 Å². The number of aliphatic hydroxyl groups is 1. The first-order chi connectivity index (χ1) is 4.56. The van der Waals surface area contributed by atoms with Gasteiger partial charge in [0.25, 0.3) is 0 Å². The third-order valence-corrected chi connectivity index (χ3v) is 1.65. The predicted molar refractivity (Wildman–Crippen MR) is 37.8 cm³/mol. The van der Waals surface area contributed by atoms with Gasteiger partial charge in [-0.2, -0.15) is 0 Å². The first-order valence-electron chi connectivity index (χ1n) is 3.52. The number of carboxylic acids is 1. The van der Waals surface area contributed by atoms with Crippen LogP contribution in [-0.2, 0) is 4.79 Å². The fourth-order valence-corrected chi connectivity index (χ4v) is 0.849. The lowest BCUT2D eigenvalue weighted by Gasteiger charge is -2.19. The van der Waals surface area contributed by atoms with Crippen molar-refractivity contribution >= 4 is 5.97 Å². The van der Waals surface area contributed by atoms with Gasteiger partial charge in [-0.3, -0.25) is 0 Å². The van der Waals surface area contributed by atoms with Crippen LogP contribution in [0.3, 0.4) is 0 Å². The summed E-state index contributed by atoms with van der Waals surface area (Å²) in [6.45, 7) is 3.52. The van der Waals surface area contributed by atoms with Gasteiger partial charge < -0.3 is 10.2 Å². The van der Waals surface area contributed by atoms with Crippen LogP contribution in [0, 0.1) is 0 Å². The minimum absolute atomic E-state index is 0.274. The summed E-state index contributed by atoms with van der Waals surface area (Å²) in [4.78, 5) is 10.4. The van der Waals surface area contributed by atoms with Crippen LogP contribution in [-0.4, -0.2) is 21.8 Å². The van der Waals surface area contributed by atoms with Crippen molar-refractivity contribution in [2.45, 2.75) is 38.7 Å². The van der Waals surface area contributed by atoms with E-state index >= 15 is 0 Å². The van der Waals surface area contributed by atoms with Crippen LogP contribution in [0.15, 0.2) is 0 Å². The van der Waals surface area contributed by atoms with E-state index in [1.165, 1.54) is 0 Å². The molecule has 0 aliphatic rings. The lowest BCUT2D eigenvalue weighted by Crippen LogP contribution is -2.37. The largest absolute Gasteiger partial charge is 0.479 e. The van der Waals surface area contributed by atoms with Crippen molar-refractivity contribution in [2.75, 3.05) is 0 Å². The van der Waals surface area contributed by atoms with Gasteiger partial charge in [-0.1, -0.05) is 20.3 Å². The second-order valence-electron chi connectivity index (χ2n) is 2.44. The first-order valence-corrected chi connectivity index (χ1v) is 3.52. The lowest BCUT2D eigenvalue weighted by atomic mass is 9.95. The third kappa shape index (κ3) is 1.99. The van der Waals surface area contributed by atoms with Crippen molar-refractivity contribution in [3.8, 4) is 0 Å². The maximum absolute atomic E-state index is 10.4. The normalized spacial score (nSPS) is 16.3. The standard InChI is InChI=1S/C7H14O3/c1-3-5-7(10,4-2)6(8)9/h10H,3-5H2,1-2H3,(H,8,9)/t7-/m0/s1. The molecule has 1 atom stereocenters. The molecule has 0 aromatic heterocycles. The molecule has 0 aromatic rings. The van der Waals surface area contributed by atoms with E-state index in [9.17, 15) is 9.90 Å². The summed E-state index contributed by atoms with van der Waals surface area (Å²) >= 11 is 0. The average Bonchev–Trinajstić information content (AvgIpc) is 1.88. The van der Waals surface area contributed by atoms with Gasteiger partial charge in [0.05, 0.1) is 0 Å². The number of hydrogen-bond acceptors (Lipinski definition) is 2. The zero-order valence-electron chi connectivity index (χ0n) is 6.42. The van der Waals surface area contributed by atoms with Gasteiger partial charge in [-0.15, -0.1) is 0 Å². The summed E-state index contributed by atoms with van der Waals surface area (Å²) in [6, 6.07) is 0. The van der Waals surface area contributed by atoms with Crippen molar-refractivity contribution in [1.82, 2.24) is 0 Å². The van der Waals surface area contributed by atoms with Crippen molar-refractivity contribution < 1.29 is 15.0 Å². The molecule has 3 nitrogen and oxygen atoms in total. The highest BCUT2D eigenvalue weighted by molar-refractivity contribution is 5.76. The maximum Gasteiger partial charge on any atom is 0.335 e. The van der Waals surface area contributed by atoms with Crippen LogP contribution >= 0.6 is 0 Å². The van der Waals surface area contributed by atoms with Gasteiger partial charge in [0.15, 0.2) is 5.60 Å². The van der Waals surface area contributed by atoms with E-state index in [0.29, 0.717) is 12.8 Å². The first kappa shape index (κ1) is 9.43. The van der Waals surface area contributed by atoms with E-state index in [1.807, 2.05) is 6.92 Å². The summed E-state index contributed by atoms with van der Waals surface area (Å²) in [6.07, 6.45) is 1.30. The molecule has 0 aromatic carbocycles. The average molecular weight is 146 g/mol. The number of carboxylic acid groups (broad SMARTS) is 1. The quantitative estimate of drug-likeness (QED) is 0.622. The summed E-state index contributed by atoms with van der Waals surface area (Å²) in [5, 5.41) is 17.8. The second-order valence-corrected chi connectivity index (χ2v) is 2.44. The Balaban J connectivity index is 4.08. The van der Waals surface area contributed by atoms with Gasteiger partial charge in [0, 0.05) is 0 Å². The molecule has 0 aliphatic heterocycles. The molecule has 10 heavy (non-hydrogen) atoms. The number of aliphatic carboxylic acids is 1. The Kier molecular flexibility index (Phi) is 3.36. The highest BCUT2D eigenvalue weighted by Gasteiger charge is 2.32. The molecule has 2 N–H and O–H groups in total. The monoisotopic (exact) mass is 146 g/mol. The van der Waals surface area contributed by atoms with Crippen molar-refractivity contribution in [1.29, 1.82) is 0 Å². The second kappa shape index (κ2) is 3.56. The fraction of sp³-hybridized carbons (Fsp3) is 0.857. The molecule has 0 spiro atoms. The van der Waals surface area contributed by atoms with Crippen LogP contribution in [0.5, 0.6) is 0 Å². The third-order valence-electron chi connectivity index (χ3n) is 1.65. The molecule has 0 fully saturated rings. The molecule has 0 bridgehead atoms. The molecule has 0 amide bonds. The Bertz CT molecular complexity index is 122. The van der Waals surface area contributed by atoms with E-state index in [0.717, 1.165) is 0 Å². The molecular formula is C7H14O3. The molecule has 0 aliphatic carbocycles. The Morgan fingerprint density at radius 3 is 2.10 bits per heavy atom. The highest BCUT2D eigenvalue weighted by atomic mass is 16.4. The van der Waals surface area contributed by atoms with E-state index in [2.05, 4.69) is 0 Å². The molecule has 0 heterocycles.